The Morgan fingerprint density at radius 3 is 2.82 bits per heavy atom. The minimum atomic E-state index is 0.209. The number of hydrogen-bond donors (Lipinski definition) is 0. The zero-order valence-electron chi connectivity index (χ0n) is 10.5. The zero-order valence-corrected chi connectivity index (χ0v) is 12.9. The summed E-state index contributed by atoms with van der Waals surface area (Å²) in [4.78, 5) is 15.5. The molecule has 0 bridgehead atoms. The summed E-state index contributed by atoms with van der Waals surface area (Å²) >= 11 is 5.04. The summed E-state index contributed by atoms with van der Waals surface area (Å²) in [5, 5.41) is 0. The molecule has 4 heteroatoms. The molecule has 1 amide bonds. The molecule has 2 atom stereocenters. The van der Waals surface area contributed by atoms with E-state index in [1.807, 2.05) is 13.0 Å². The van der Waals surface area contributed by atoms with Gasteiger partial charge in [-0.2, -0.15) is 0 Å². The van der Waals surface area contributed by atoms with Crippen LogP contribution in [0, 0.1) is 6.92 Å². The van der Waals surface area contributed by atoms with Crippen molar-refractivity contribution >= 4 is 33.2 Å². The predicted molar refractivity (Wildman–Crippen MR) is 75.7 cm³/mol. The Morgan fingerprint density at radius 1 is 1.59 bits per heavy atom. The van der Waals surface area contributed by atoms with Gasteiger partial charge in [0, 0.05) is 12.1 Å². The lowest BCUT2D eigenvalue weighted by Gasteiger charge is -2.27. The minimum Gasteiger partial charge on any atom is -0.332 e. The number of likely N-dealkylation sites (tertiary alicyclic amines) is 1. The van der Waals surface area contributed by atoms with E-state index in [9.17, 15) is 4.79 Å². The average molecular weight is 316 g/mol. The highest BCUT2D eigenvalue weighted by Gasteiger charge is 2.34. The third kappa shape index (κ3) is 2.43. The number of nitrogens with zero attached hydrogens (tertiary/aromatic N) is 1. The predicted octanol–water partition coefficient (Wildman–Crippen LogP) is 4.22. The largest absolute Gasteiger partial charge is 0.332 e. The maximum atomic E-state index is 12.5. The average Bonchev–Trinajstić information content (AvgIpc) is 2.82. The van der Waals surface area contributed by atoms with Crippen molar-refractivity contribution in [3.63, 3.8) is 0 Å². The van der Waals surface area contributed by atoms with Gasteiger partial charge >= 0.3 is 0 Å². The van der Waals surface area contributed by atoms with Crippen LogP contribution in [0.4, 0.5) is 0 Å². The van der Waals surface area contributed by atoms with Crippen molar-refractivity contribution < 1.29 is 4.79 Å². The van der Waals surface area contributed by atoms with Gasteiger partial charge in [-0.15, -0.1) is 11.3 Å². The van der Waals surface area contributed by atoms with Crippen molar-refractivity contribution in [2.75, 3.05) is 0 Å². The fourth-order valence-corrected chi connectivity index (χ4v) is 4.01. The Morgan fingerprint density at radius 2 is 2.29 bits per heavy atom. The van der Waals surface area contributed by atoms with Gasteiger partial charge in [0.25, 0.3) is 5.91 Å². The first-order valence-electron chi connectivity index (χ1n) is 6.13. The van der Waals surface area contributed by atoms with E-state index in [1.54, 1.807) is 11.3 Å². The molecule has 17 heavy (non-hydrogen) atoms. The second kappa shape index (κ2) is 5.11. The van der Waals surface area contributed by atoms with E-state index in [0.717, 1.165) is 33.5 Å². The van der Waals surface area contributed by atoms with Gasteiger partial charge in [-0.3, -0.25) is 4.79 Å². The lowest BCUT2D eigenvalue weighted by molar-refractivity contribution is 0.0681. The summed E-state index contributed by atoms with van der Waals surface area (Å²) in [6.07, 6.45) is 3.34. The third-order valence-corrected chi connectivity index (χ3v) is 5.68. The Kier molecular flexibility index (Phi) is 3.93. The molecule has 0 aromatic carbocycles. The Hall–Kier alpha value is -0.350. The van der Waals surface area contributed by atoms with E-state index < -0.39 is 0 Å². The highest BCUT2D eigenvalue weighted by Crippen LogP contribution is 2.32. The number of aryl methyl sites for hydroxylation is 1. The second-order valence-electron chi connectivity index (χ2n) is 4.77. The topological polar surface area (TPSA) is 20.3 Å². The van der Waals surface area contributed by atoms with E-state index in [4.69, 9.17) is 0 Å². The first kappa shape index (κ1) is 13.1. The van der Waals surface area contributed by atoms with Crippen LogP contribution in [0.15, 0.2) is 9.85 Å². The van der Waals surface area contributed by atoms with Crippen molar-refractivity contribution in [1.29, 1.82) is 0 Å². The summed E-state index contributed by atoms with van der Waals surface area (Å²) in [7, 11) is 0. The van der Waals surface area contributed by atoms with Crippen molar-refractivity contribution in [2.24, 2.45) is 0 Å². The van der Waals surface area contributed by atoms with Gasteiger partial charge in [0.05, 0.1) is 8.66 Å². The van der Waals surface area contributed by atoms with Crippen molar-refractivity contribution in [2.45, 2.75) is 52.1 Å². The molecule has 2 nitrogen and oxygen atoms in total. The standard InChI is InChI=1S/C13H18BrNOS/c1-4-10-6-5-9(3)15(10)13(16)11-7-8(2)12(14)17-11/h7,9-10H,4-6H2,1-3H3. The van der Waals surface area contributed by atoms with Crippen LogP contribution in [0.25, 0.3) is 0 Å². The highest BCUT2D eigenvalue weighted by atomic mass is 79.9. The van der Waals surface area contributed by atoms with Crippen LogP contribution in [0.5, 0.6) is 0 Å². The van der Waals surface area contributed by atoms with Crippen LogP contribution in [0.1, 0.15) is 48.3 Å². The monoisotopic (exact) mass is 315 g/mol. The SMILES string of the molecule is CCC1CCC(C)N1C(=O)c1cc(C)c(Br)s1. The van der Waals surface area contributed by atoms with E-state index in [2.05, 4.69) is 34.7 Å². The molecule has 0 N–H and O–H groups in total. The minimum absolute atomic E-state index is 0.209. The van der Waals surface area contributed by atoms with Crippen LogP contribution in [0.3, 0.4) is 0 Å². The van der Waals surface area contributed by atoms with Crippen LogP contribution < -0.4 is 0 Å². The first-order chi connectivity index (χ1) is 8.04. The van der Waals surface area contributed by atoms with Gasteiger partial charge in [0.15, 0.2) is 0 Å². The number of hydrogen-bond acceptors (Lipinski definition) is 2. The summed E-state index contributed by atoms with van der Waals surface area (Å²) in [5.74, 6) is 0.209. The van der Waals surface area contributed by atoms with Crippen molar-refractivity contribution in [1.82, 2.24) is 4.90 Å². The lowest BCUT2D eigenvalue weighted by atomic mass is 10.1. The number of thiophene rings is 1. The van der Waals surface area contributed by atoms with Crippen LogP contribution in [-0.4, -0.2) is 22.9 Å². The van der Waals surface area contributed by atoms with E-state index in [-0.39, 0.29) is 5.91 Å². The fraction of sp³-hybridized carbons (Fsp3) is 0.615. The number of carbonyl (C=O) groups is 1. The molecule has 0 radical (unpaired) electrons. The van der Waals surface area contributed by atoms with Crippen molar-refractivity contribution in [3.8, 4) is 0 Å². The van der Waals surface area contributed by atoms with Gasteiger partial charge in [0.1, 0.15) is 0 Å². The third-order valence-electron chi connectivity index (χ3n) is 3.56. The number of halogens is 1. The quantitative estimate of drug-likeness (QED) is 0.800. The maximum absolute atomic E-state index is 12.5. The Labute approximate surface area is 115 Å². The smallest absolute Gasteiger partial charge is 0.264 e. The normalized spacial score (nSPS) is 24.4. The molecule has 1 aromatic rings. The van der Waals surface area contributed by atoms with Crippen LogP contribution in [-0.2, 0) is 0 Å². The van der Waals surface area contributed by atoms with E-state index in [0.29, 0.717) is 12.1 Å². The molecule has 0 aliphatic carbocycles. The van der Waals surface area contributed by atoms with Crippen LogP contribution in [0.2, 0.25) is 0 Å². The number of carbonyl (C=O) groups excluding carboxylic acids is 1. The molecule has 1 saturated heterocycles. The molecular formula is C13H18BrNOS. The van der Waals surface area contributed by atoms with Crippen LogP contribution >= 0.6 is 27.3 Å². The summed E-state index contributed by atoms with van der Waals surface area (Å²) in [5.41, 5.74) is 1.15. The van der Waals surface area contributed by atoms with E-state index >= 15 is 0 Å². The van der Waals surface area contributed by atoms with E-state index in [1.165, 1.54) is 0 Å². The zero-order chi connectivity index (χ0) is 12.6. The van der Waals surface area contributed by atoms with Gasteiger partial charge < -0.3 is 4.90 Å². The molecule has 2 unspecified atom stereocenters. The fourth-order valence-electron chi connectivity index (χ4n) is 2.53. The summed E-state index contributed by atoms with van der Waals surface area (Å²) < 4.78 is 1.07. The Bertz CT molecular complexity index is 410. The summed E-state index contributed by atoms with van der Waals surface area (Å²) in [6.45, 7) is 6.35. The second-order valence-corrected chi connectivity index (χ2v) is 7.14. The first-order valence-corrected chi connectivity index (χ1v) is 7.74. The molecule has 1 aromatic heterocycles. The highest BCUT2D eigenvalue weighted by molar-refractivity contribution is 9.11. The van der Waals surface area contributed by atoms with Gasteiger partial charge in [-0.05, 0) is 60.7 Å². The van der Waals surface area contributed by atoms with Gasteiger partial charge in [0.2, 0.25) is 0 Å². The molecule has 1 aliphatic rings. The number of rotatable bonds is 2. The maximum Gasteiger partial charge on any atom is 0.264 e. The molecule has 2 heterocycles. The molecule has 2 rings (SSSR count). The molecule has 0 saturated carbocycles. The molecule has 94 valence electrons. The lowest BCUT2D eigenvalue weighted by Crippen LogP contribution is -2.39. The summed E-state index contributed by atoms with van der Waals surface area (Å²) in [6, 6.07) is 2.81. The molecule has 1 aliphatic heterocycles. The molecule has 0 spiro atoms. The number of amides is 1. The Balaban J connectivity index is 2.24. The van der Waals surface area contributed by atoms with Crippen molar-refractivity contribution in [3.05, 3.63) is 20.3 Å². The van der Waals surface area contributed by atoms with Gasteiger partial charge in [-0.25, -0.2) is 0 Å². The molecule has 1 fully saturated rings. The van der Waals surface area contributed by atoms with Gasteiger partial charge in [-0.1, -0.05) is 6.92 Å². The molecular weight excluding hydrogens is 298 g/mol.